The monoisotopic (exact) mass is 375 g/mol. The minimum absolute atomic E-state index is 1.31. The summed E-state index contributed by atoms with van der Waals surface area (Å²) in [5.74, 6) is 0. The van der Waals surface area contributed by atoms with Crippen LogP contribution in [0.15, 0.2) is 0 Å². The number of hydrogen-bond donors (Lipinski definition) is 0. The molecular formula is O2TmYb. The molecule has 0 N–H and O–H groups in total. The third-order valence-electron chi connectivity index (χ3n) is 0. The fourth-order valence-corrected chi connectivity index (χ4v) is 0. The third kappa shape index (κ3) is 8.84. The molecule has 2 nitrogen and oxygen atoms in total. The molecule has 0 aromatic heterocycles. The van der Waals surface area contributed by atoms with Crippen LogP contribution in [0.25, 0.3) is 0 Å². The molecule has 39 valence electrons. The van der Waals surface area contributed by atoms with Crippen molar-refractivity contribution in [3.8, 4) is 0 Å². The third-order valence-corrected chi connectivity index (χ3v) is 0. The molecule has 0 saturated carbocycles. The predicted octanol–water partition coefficient (Wildman–Crippen LogP) is -0.238. The molecule has 0 aromatic carbocycles. The van der Waals surface area contributed by atoms with Gasteiger partial charge in [0, 0.05) is 0 Å². The molecule has 0 rings (SSSR count). The van der Waals surface area contributed by atoms with Gasteiger partial charge in [0.2, 0.25) is 0 Å². The van der Waals surface area contributed by atoms with E-state index in [0.29, 0.717) is 0 Å². The van der Waals surface area contributed by atoms with E-state index in [0.717, 1.165) is 0 Å². The van der Waals surface area contributed by atoms with Crippen molar-refractivity contribution in [1.29, 1.82) is 0 Å². The molecule has 0 atom stereocenters. The van der Waals surface area contributed by atoms with Crippen molar-refractivity contribution >= 4 is 0 Å². The van der Waals surface area contributed by atoms with E-state index in [1.807, 2.05) is 0 Å². The zero-order valence-corrected chi connectivity index (χ0v) is 4.86. The molecule has 0 amide bonds. The molecule has 0 aliphatic carbocycles. The summed E-state index contributed by atoms with van der Waals surface area (Å²) < 4.78 is 16.2. The fraction of sp³-hybridized carbons (Fsp3) is 0. The Morgan fingerprint density at radius 2 is 1.25 bits per heavy atom. The van der Waals surface area contributed by atoms with Crippen LogP contribution in [0.3, 0.4) is 0 Å². The first-order valence-corrected chi connectivity index (χ1v) is 1.65. The topological polar surface area (TPSA) is 34.1 Å². The van der Waals surface area contributed by atoms with Crippen molar-refractivity contribution in [2.45, 2.75) is 0 Å². The number of hydrogen-bond acceptors (Lipinski definition) is 2. The van der Waals surface area contributed by atoms with Gasteiger partial charge in [0.1, 0.15) is 0 Å². The van der Waals surface area contributed by atoms with Crippen LogP contribution in [-0.4, -0.2) is 0 Å². The molecule has 0 fully saturated rings. The Labute approximate surface area is 79.3 Å². The zero-order chi connectivity index (χ0) is 4.00. The Hall–Kier alpha value is 2.35. The van der Waals surface area contributed by atoms with Crippen molar-refractivity contribution in [3.63, 3.8) is 0 Å². The van der Waals surface area contributed by atoms with Gasteiger partial charge < -0.3 is 0 Å². The van der Waals surface area contributed by atoms with Crippen LogP contribution in [0.5, 0.6) is 0 Å². The second kappa shape index (κ2) is 18.3. The quantitative estimate of drug-likeness (QED) is 0.587. The van der Waals surface area contributed by atoms with Crippen molar-refractivity contribution in [1.82, 2.24) is 0 Å². The number of rotatable bonds is 0. The first-order chi connectivity index (χ1) is 2.00. The first-order valence-electron chi connectivity index (χ1n) is 0.222. The molecule has 0 aliphatic heterocycles. The summed E-state index contributed by atoms with van der Waals surface area (Å²) in [7, 11) is 0. The summed E-state index contributed by atoms with van der Waals surface area (Å²) in [6.45, 7) is 0. The van der Waals surface area contributed by atoms with Gasteiger partial charge in [0.25, 0.3) is 0 Å². The van der Waals surface area contributed by atoms with E-state index in [4.69, 9.17) is 1.83 Å². The summed E-state index contributed by atoms with van der Waals surface area (Å²) in [4.78, 5) is 0. The molecule has 0 unspecified atom stereocenters. The molecule has 0 heterocycles. The van der Waals surface area contributed by atoms with Gasteiger partial charge in [-0.2, -0.15) is 0 Å². The summed E-state index contributed by atoms with van der Waals surface area (Å²) in [5.41, 5.74) is 0. The fourth-order valence-electron chi connectivity index (χ4n) is 0. The van der Waals surface area contributed by atoms with Gasteiger partial charge in [-0.25, -0.2) is 0 Å². The molecule has 0 bridgehead atoms. The molecule has 4 heavy (non-hydrogen) atoms. The Morgan fingerprint density at radius 3 is 1.25 bits per heavy atom. The summed E-state index contributed by atoms with van der Waals surface area (Å²) in [5, 5.41) is 0. The predicted molar refractivity (Wildman–Crippen MR) is 1.37 cm³/mol. The average Bonchev–Trinajstić information content (AvgIpc) is 1.50. The van der Waals surface area contributed by atoms with Crippen LogP contribution in [0.4, 0.5) is 0 Å². The standard InChI is InChI=1S/2O.Tm.Yb. The van der Waals surface area contributed by atoms with E-state index in [1.165, 1.54) is 79.9 Å². The van der Waals surface area contributed by atoms with Crippen molar-refractivity contribution in [2.24, 2.45) is 0 Å². The molecule has 0 spiro atoms. The summed E-state index contributed by atoms with van der Waals surface area (Å²) in [6.07, 6.45) is 0. The summed E-state index contributed by atoms with van der Waals surface area (Å²) in [6, 6.07) is 0. The molecular weight excluding hydrogens is 374 g/mol. The van der Waals surface area contributed by atoms with Crippen LogP contribution in [0.1, 0.15) is 0 Å². The Morgan fingerprint density at radius 1 is 1.25 bits per heavy atom. The van der Waals surface area contributed by atoms with Gasteiger partial charge in [-0.3, -0.25) is 0 Å². The van der Waals surface area contributed by atoms with Crippen molar-refractivity contribution in [2.75, 3.05) is 0 Å². The van der Waals surface area contributed by atoms with Crippen LogP contribution < -0.4 is 0 Å². The van der Waals surface area contributed by atoms with E-state index in [-0.39, 0.29) is 0 Å². The minimum atomic E-state index is 1.31. The van der Waals surface area contributed by atoms with E-state index in [9.17, 15) is 0 Å². The van der Waals surface area contributed by atoms with Crippen LogP contribution in [-0.2, 0) is 1.83 Å². The van der Waals surface area contributed by atoms with E-state index in [2.05, 4.69) is 0 Å². The Kier molecular flexibility index (Phi) is 44.0. The zero-order valence-electron chi connectivity index (χ0n) is 1.36. The van der Waals surface area contributed by atoms with Gasteiger partial charge in [-0.1, -0.05) is 0 Å². The molecule has 0 radical (unpaired) electrons. The van der Waals surface area contributed by atoms with E-state index < -0.39 is 0 Å². The SMILES string of the molecule is [O]=[Tm].[O]=[Yb]. The normalized spacial score (nSPS) is 3.00. The molecule has 0 aromatic rings. The van der Waals surface area contributed by atoms with Crippen LogP contribution in [0.2, 0.25) is 0 Å². The Balaban J connectivity index is 0. The van der Waals surface area contributed by atoms with Crippen LogP contribution >= 0.6 is 0 Å². The molecule has 0 saturated heterocycles. The summed E-state index contributed by atoms with van der Waals surface area (Å²) >= 11 is 2.75. The van der Waals surface area contributed by atoms with Gasteiger partial charge >= 0.3 is 81.7 Å². The van der Waals surface area contributed by atoms with E-state index >= 15 is 0 Å². The van der Waals surface area contributed by atoms with Crippen LogP contribution in [0, 0.1) is 79.9 Å². The average molecular weight is 374 g/mol. The van der Waals surface area contributed by atoms with Crippen molar-refractivity contribution < 1.29 is 81.7 Å². The van der Waals surface area contributed by atoms with E-state index in [1.54, 1.807) is 0 Å². The molecule has 0 aliphatic rings. The molecule has 4 heteroatoms. The van der Waals surface area contributed by atoms with Gasteiger partial charge in [-0.05, 0) is 0 Å². The van der Waals surface area contributed by atoms with Gasteiger partial charge in [0.05, 0.1) is 0 Å². The van der Waals surface area contributed by atoms with Crippen molar-refractivity contribution in [3.05, 3.63) is 0 Å². The van der Waals surface area contributed by atoms with Gasteiger partial charge in [0.15, 0.2) is 0 Å². The maximum absolute atomic E-state index is 8.14. The first kappa shape index (κ1) is 9.61. The maximum atomic E-state index is 8.14. The second-order valence-corrected chi connectivity index (χ2v) is 0. The Bertz CT molecular complexity index is 8.00. The van der Waals surface area contributed by atoms with Gasteiger partial charge in [-0.15, -0.1) is 0 Å². The second-order valence-electron chi connectivity index (χ2n) is 0.